The molecule has 2 aromatic heterocycles. The van der Waals surface area contributed by atoms with Crippen LogP contribution < -0.4 is 0 Å². The molecule has 17 heavy (non-hydrogen) atoms. The number of fused-ring (bicyclic) bond motifs is 1. The molecule has 0 fully saturated rings. The Morgan fingerprint density at radius 3 is 2.82 bits per heavy atom. The SMILES string of the molecule is CC(C)(C)CCC(=O)c1cnn2ccccc12. The lowest BCUT2D eigenvalue weighted by atomic mass is 9.89. The summed E-state index contributed by atoms with van der Waals surface area (Å²) >= 11 is 0. The molecular formula is C14H18N2O. The highest BCUT2D eigenvalue weighted by Crippen LogP contribution is 2.23. The molecule has 0 radical (unpaired) electrons. The Balaban J connectivity index is 2.20. The lowest BCUT2D eigenvalue weighted by molar-refractivity contribution is 0.0967. The number of pyridine rings is 1. The molecule has 0 aromatic carbocycles. The minimum Gasteiger partial charge on any atom is -0.294 e. The molecular weight excluding hydrogens is 212 g/mol. The van der Waals surface area contributed by atoms with Gasteiger partial charge in [-0.25, -0.2) is 4.52 Å². The molecule has 3 nitrogen and oxygen atoms in total. The zero-order valence-corrected chi connectivity index (χ0v) is 10.6. The van der Waals surface area contributed by atoms with Crippen LogP contribution in [-0.4, -0.2) is 15.4 Å². The second kappa shape index (κ2) is 4.32. The van der Waals surface area contributed by atoms with Crippen molar-refractivity contribution in [2.45, 2.75) is 33.6 Å². The van der Waals surface area contributed by atoms with Crippen LogP contribution in [0.2, 0.25) is 0 Å². The Labute approximate surface area is 101 Å². The molecule has 90 valence electrons. The van der Waals surface area contributed by atoms with E-state index < -0.39 is 0 Å². The number of hydrogen-bond donors (Lipinski definition) is 0. The summed E-state index contributed by atoms with van der Waals surface area (Å²) in [6.07, 6.45) is 5.01. The van der Waals surface area contributed by atoms with Crippen molar-refractivity contribution in [2.24, 2.45) is 5.41 Å². The van der Waals surface area contributed by atoms with Gasteiger partial charge in [0.25, 0.3) is 0 Å². The zero-order chi connectivity index (χ0) is 12.5. The van der Waals surface area contributed by atoms with Crippen molar-refractivity contribution in [2.75, 3.05) is 0 Å². The van der Waals surface area contributed by atoms with Crippen LogP contribution in [0.5, 0.6) is 0 Å². The number of carbonyl (C=O) groups excluding carboxylic acids is 1. The summed E-state index contributed by atoms with van der Waals surface area (Å²) < 4.78 is 1.74. The van der Waals surface area contributed by atoms with Crippen molar-refractivity contribution in [1.29, 1.82) is 0 Å². The average molecular weight is 230 g/mol. The van der Waals surface area contributed by atoms with Gasteiger partial charge in [0.05, 0.1) is 17.3 Å². The number of hydrogen-bond acceptors (Lipinski definition) is 2. The fourth-order valence-corrected chi connectivity index (χ4v) is 1.77. The number of ketones is 1. The molecule has 0 spiro atoms. The van der Waals surface area contributed by atoms with E-state index in [0.29, 0.717) is 6.42 Å². The lowest BCUT2D eigenvalue weighted by Gasteiger charge is -2.16. The van der Waals surface area contributed by atoms with Crippen molar-refractivity contribution in [3.8, 4) is 0 Å². The van der Waals surface area contributed by atoms with E-state index in [-0.39, 0.29) is 11.2 Å². The molecule has 0 unspecified atom stereocenters. The van der Waals surface area contributed by atoms with Crippen LogP contribution in [-0.2, 0) is 0 Å². The lowest BCUT2D eigenvalue weighted by Crippen LogP contribution is -2.09. The van der Waals surface area contributed by atoms with E-state index in [4.69, 9.17) is 0 Å². The first-order chi connectivity index (χ1) is 7.97. The van der Waals surface area contributed by atoms with Gasteiger partial charge in [-0.05, 0) is 24.0 Å². The molecule has 0 amide bonds. The van der Waals surface area contributed by atoms with Crippen molar-refractivity contribution in [3.63, 3.8) is 0 Å². The van der Waals surface area contributed by atoms with Crippen LogP contribution in [0.1, 0.15) is 44.0 Å². The standard InChI is InChI=1S/C14H18N2O/c1-14(2,3)8-7-13(17)11-10-15-16-9-5-4-6-12(11)16/h4-6,9-10H,7-8H2,1-3H3. The summed E-state index contributed by atoms with van der Waals surface area (Å²) in [6, 6.07) is 5.76. The van der Waals surface area contributed by atoms with Gasteiger partial charge in [0.1, 0.15) is 0 Å². The maximum Gasteiger partial charge on any atom is 0.166 e. The molecule has 0 aliphatic heterocycles. The molecule has 0 aliphatic rings. The van der Waals surface area contributed by atoms with Gasteiger partial charge in [0.2, 0.25) is 0 Å². The Morgan fingerprint density at radius 2 is 2.12 bits per heavy atom. The largest absolute Gasteiger partial charge is 0.294 e. The summed E-state index contributed by atoms with van der Waals surface area (Å²) in [5, 5.41) is 4.18. The molecule has 3 heteroatoms. The average Bonchev–Trinajstić information content (AvgIpc) is 2.68. The monoisotopic (exact) mass is 230 g/mol. The van der Waals surface area contributed by atoms with E-state index in [2.05, 4.69) is 25.9 Å². The topological polar surface area (TPSA) is 34.4 Å². The second-order valence-electron chi connectivity index (χ2n) is 5.57. The van der Waals surface area contributed by atoms with E-state index in [1.807, 2.05) is 24.4 Å². The van der Waals surface area contributed by atoms with E-state index in [0.717, 1.165) is 17.5 Å². The molecule has 2 aromatic rings. The Kier molecular flexibility index (Phi) is 3.01. The van der Waals surface area contributed by atoms with E-state index in [1.165, 1.54) is 0 Å². The number of carbonyl (C=O) groups is 1. The summed E-state index contributed by atoms with van der Waals surface area (Å²) in [6.45, 7) is 6.45. The fraction of sp³-hybridized carbons (Fsp3) is 0.429. The van der Waals surface area contributed by atoms with Crippen molar-refractivity contribution >= 4 is 11.3 Å². The molecule has 2 rings (SSSR count). The third kappa shape index (κ3) is 2.73. The van der Waals surface area contributed by atoms with Gasteiger partial charge < -0.3 is 0 Å². The quantitative estimate of drug-likeness (QED) is 0.758. The molecule has 0 bridgehead atoms. The van der Waals surface area contributed by atoms with Gasteiger partial charge in [0, 0.05) is 12.6 Å². The first-order valence-corrected chi connectivity index (χ1v) is 5.93. The minimum atomic E-state index is 0.182. The van der Waals surface area contributed by atoms with Gasteiger partial charge in [0.15, 0.2) is 5.78 Å². The number of rotatable bonds is 3. The first kappa shape index (κ1) is 11.8. The van der Waals surface area contributed by atoms with Crippen LogP contribution >= 0.6 is 0 Å². The maximum absolute atomic E-state index is 12.1. The predicted molar refractivity (Wildman–Crippen MR) is 68.2 cm³/mol. The van der Waals surface area contributed by atoms with Crippen LogP contribution in [0.25, 0.3) is 5.52 Å². The summed E-state index contributed by atoms with van der Waals surface area (Å²) in [5.74, 6) is 0.182. The van der Waals surface area contributed by atoms with Crippen molar-refractivity contribution < 1.29 is 4.79 Å². The molecule has 0 saturated heterocycles. The number of aromatic nitrogens is 2. The second-order valence-corrected chi connectivity index (χ2v) is 5.57. The van der Waals surface area contributed by atoms with Crippen molar-refractivity contribution in [1.82, 2.24) is 9.61 Å². The van der Waals surface area contributed by atoms with Crippen LogP contribution in [0, 0.1) is 5.41 Å². The molecule has 0 N–H and O–H groups in total. The van der Waals surface area contributed by atoms with Gasteiger partial charge >= 0.3 is 0 Å². The third-order valence-corrected chi connectivity index (χ3v) is 2.83. The Morgan fingerprint density at radius 1 is 1.35 bits per heavy atom. The summed E-state index contributed by atoms with van der Waals surface area (Å²) in [7, 11) is 0. The fourth-order valence-electron chi connectivity index (χ4n) is 1.77. The van der Waals surface area contributed by atoms with Crippen LogP contribution in [0.15, 0.2) is 30.6 Å². The molecule has 0 aliphatic carbocycles. The number of Topliss-reactive ketones (excluding diaryl/α,β-unsaturated/α-hetero) is 1. The molecule has 2 heterocycles. The highest BCUT2D eigenvalue weighted by atomic mass is 16.1. The third-order valence-electron chi connectivity index (χ3n) is 2.83. The smallest absolute Gasteiger partial charge is 0.166 e. The Bertz CT molecular complexity index is 534. The summed E-state index contributed by atoms with van der Waals surface area (Å²) in [4.78, 5) is 12.1. The Hall–Kier alpha value is -1.64. The van der Waals surface area contributed by atoms with E-state index >= 15 is 0 Å². The van der Waals surface area contributed by atoms with Gasteiger partial charge in [-0.15, -0.1) is 0 Å². The zero-order valence-electron chi connectivity index (χ0n) is 10.6. The minimum absolute atomic E-state index is 0.182. The van der Waals surface area contributed by atoms with Crippen LogP contribution in [0.3, 0.4) is 0 Å². The van der Waals surface area contributed by atoms with Crippen LogP contribution in [0.4, 0.5) is 0 Å². The van der Waals surface area contributed by atoms with Gasteiger partial charge in [-0.2, -0.15) is 5.10 Å². The molecule has 0 atom stereocenters. The molecule has 0 saturated carbocycles. The van der Waals surface area contributed by atoms with Gasteiger partial charge in [-0.3, -0.25) is 4.79 Å². The highest BCUT2D eigenvalue weighted by Gasteiger charge is 2.16. The maximum atomic E-state index is 12.1. The first-order valence-electron chi connectivity index (χ1n) is 5.93. The summed E-state index contributed by atoms with van der Waals surface area (Å²) in [5.41, 5.74) is 1.82. The normalized spacial score (nSPS) is 11.9. The predicted octanol–water partition coefficient (Wildman–Crippen LogP) is 3.34. The number of nitrogens with zero attached hydrogens (tertiary/aromatic N) is 2. The van der Waals surface area contributed by atoms with E-state index in [9.17, 15) is 4.79 Å². The van der Waals surface area contributed by atoms with Gasteiger partial charge in [-0.1, -0.05) is 26.8 Å². The van der Waals surface area contributed by atoms with E-state index in [1.54, 1.807) is 10.7 Å². The highest BCUT2D eigenvalue weighted by molar-refractivity contribution is 6.02. The van der Waals surface area contributed by atoms with Crippen molar-refractivity contribution in [3.05, 3.63) is 36.2 Å².